The largest absolute Gasteiger partial charge is 0.491 e. The maximum absolute atomic E-state index is 6.84. The van der Waals surface area contributed by atoms with E-state index in [9.17, 15) is 0 Å². The molecule has 1 heterocycles. The third-order valence-electron chi connectivity index (χ3n) is 24.5. The van der Waals surface area contributed by atoms with Crippen LogP contribution >= 0.6 is 0 Å². The Labute approximate surface area is 487 Å². The normalized spacial score (nSPS) is 39.0. The van der Waals surface area contributed by atoms with Crippen molar-refractivity contribution in [2.45, 2.75) is 256 Å². The first kappa shape index (κ1) is 55.4. The highest BCUT2D eigenvalue weighted by Gasteiger charge is 2.61. The second kappa shape index (κ2) is 25.2. The van der Waals surface area contributed by atoms with E-state index in [4.69, 9.17) is 4.74 Å². The molecule has 0 aromatic carbocycles. The van der Waals surface area contributed by atoms with Gasteiger partial charge in [0.15, 0.2) is 0 Å². The minimum Gasteiger partial charge on any atom is -0.491 e. The number of rotatable bonds is 17. The zero-order chi connectivity index (χ0) is 54.0. The second-order valence-corrected chi connectivity index (χ2v) is 28.5. The molecule has 430 valence electrons. The van der Waals surface area contributed by atoms with Crippen LogP contribution in [0.15, 0.2) is 155 Å². The van der Waals surface area contributed by atoms with Gasteiger partial charge in [0, 0.05) is 71.6 Å². The number of hydrogen-bond acceptors (Lipinski definition) is 3. The molecule has 1 aliphatic heterocycles. The molecule has 0 N–H and O–H groups in total. The summed E-state index contributed by atoms with van der Waals surface area (Å²) in [6, 6.07) is 2.05. The SMILES string of the molecule is C=CC1=CCC(OC2=CCC(C3(C4CCCCC4)C4=C(CCCC4)C4C=CC(N(C5C=CC(C6CCC(CCCCCC)CC6)=CC5)C5C=CC(C6=CC7C8CCCC=C8N(C8=CCC(C=C)CC8)C7CC6)CC5)CC43)CC2)C=C1. The molecule has 3 fully saturated rings. The van der Waals surface area contributed by atoms with Crippen LogP contribution in [0.2, 0.25) is 0 Å². The molecule has 12 aliphatic carbocycles. The van der Waals surface area contributed by atoms with Gasteiger partial charge in [0.05, 0.1) is 5.76 Å². The summed E-state index contributed by atoms with van der Waals surface area (Å²) in [5.74, 6) is 8.51. The predicted molar refractivity (Wildman–Crippen MR) is 336 cm³/mol. The van der Waals surface area contributed by atoms with Crippen LogP contribution in [0, 0.1) is 64.6 Å². The highest BCUT2D eigenvalue weighted by atomic mass is 16.5. The molecule has 13 atom stereocenters. The van der Waals surface area contributed by atoms with Gasteiger partial charge in [0.1, 0.15) is 6.10 Å². The Morgan fingerprint density at radius 2 is 1.55 bits per heavy atom. The van der Waals surface area contributed by atoms with E-state index in [0.29, 0.717) is 71.0 Å². The van der Waals surface area contributed by atoms with Crippen molar-refractivity contribution in [3.8, 4) is 0 Å². The third-order valence-corrected chi connectivity index (χ3v) is 24.5. The number of unbranched alkanes of at least 4 members (excludes halogenated alkanes) is 3. The van der Waals surface area contributed by atoms with Crippen LogP contribution in [0.1, 0.15) is 225 Å². The van der Waals surface area contributed by atoms with Gasteiger partial charge in [0.25, 0.3) is 0 Å². The Kier molecular flexibility index (Phi) is 17.4. The van der Waals surface area contributed by atoms with E-state index in [0.717, 1.165) is 30.6 Å². The monoisotopic (exact) mass is 1070 g/mol. The van der Waals surface area contributed by atoms with Crippen molar-refractivity contribution < 1.29 is 4.74 Å². The summed E-state index contributed by atoms with van der Waals surface area (Å²) in [5, 5.41) is 0. The molecular formula is C77H106N2O. The smallest absolute Gasteiger partial charge is 0.120 e. The molecule has 13 aliphatic rings. The first-order chi connectivity index (χ1) is 39.5. The number of likely N-dealkylation sites (tertiary alicyclic amines) is 1. The molecule has 0 aromatic rings. The molecule has 0 radical (unpaired) electrons. The van der Waals surface area contributed by atoms with Crippen LogP contribution < -0.4 is 0 Å². The van der Waals surface area contributed by atoms with Crippen LogP contribution in [-0.4, -0.2) is 40.1 Å². The summed E-state index contributed by atoms with van der Waals surface area (Å²) in [4.78, 5) is 6.07. The van der Waals surface area contributed by atoms with Crippen molar-refractivity contribution in [1.82, 2.24) is 9.80 Å². The number of fused-ring (bicyclic) bond motifs is 5. The number of nitrogens with zero attached hydrogens (tertiary/aromatic N) is 2. The summed E-state index contributed by atoms with van der Waals surface area (Å²) in [6.07, 6.45) is 86.8. The molecule has 0 amide bonds. The van der Waals surface area contributed by atoms with E-state index in [-0.39, 0.29) is 6.10 Å². The summed E-state index contributed by atoms with van der Waals surface area (Å²) < 4.78 is 6.84. The van der Waals surface area contributed by atoms with E-state index < -0.39 is 0 Å². The van der Waals surface area contributed by atoms with Crippen molar-refractivity contribution in [1.29, 1.82) is 0 Å². The topological polar surface area (TPSA) is 15.7 Å². The minimum atomic E-state index is 0.152. The van der Waals surface area contributed by atoms with E-state index in [1.807, 2.05) is 17.2 Å². The molecule has 0 spiro atoms. The Morgan fingerprint density at radius 1 is 0.662 bits per heavy atom. The fourth-order valence-electron chi connectivity index (χ4n) is 20.6. The molecule has 2 saturated carbocycles. The molecule has 13 rings (SSSR count). The Hall–Kier alpha value is -3.82. The van der Waals surface area contributed by atoms with Gasteiger partial charge in [-0.2, -0.15) is 0 Å². The van der Waals surface area contributed by atoms with Gasteiger partial charge in [-0.25, -0.2) is 0 Å². The predicted octanol–water partition coefficient (Wildman–Crippen LogP) is 20.4. The quantitative estimate of drug-likeness (QED) is 0.107. The average Bonchev–Trinajstić information content (AvgIpc) is 4.18. The standard InChI is InChI=1S/C77H106N2O/c1-4-7-8-10-17-56-24-30-57(31-25-56)58-32-41-63(42-33-58)78(64-43-34-59(35-44-64)60-36-51-76-72(52-60)71-21-14-16-23-75(71)79(76)65-39-26-54(5-2)27-40-65)66-45-50-70-69-20-13-15-22-73(69)77(74(70)53-66,61-18-11-9-12-19-61)62-37-48-68(49-38-62)80-67-46-28-55(6-3)29-47-67/h5-6,23,28-29,32-34,39,41,43,45-46,48,50,52,54,56-57,59,61-64,66-67,70-72,74,76H,2-4,7-22,24-27,30-31,35-38,40,42,44,47,49,51,53H2,1H3. The van der Waals surface area contributed by atoms with E-state index in [1.54, 1.807) is 22.5 Å². The average molecular weight is 1080 g/mol. The molecule has 0 bridgehead atoms. The fourth-order valence-corrected chi connectivity index (χ4v) is 20.6. The minimum absolute atomic E-state index is 0.152. The van der Waals surface area contributed by atoms with Gasteiger partial charge in [-0.15, -0.1) is 6.58 Å². The van der Waals surface area contributed by atoms with Gasteiger partial charge in [-0.1, -0.05) is 167 Å². The lowest BCUT2D eigenvalue weighted by Gasteiger charge is -2.55. The highest BCUT2D eigenvalue weighted by molar-refractivity contribution is 5.43. The molecule has 1 saturated heterocycles. The first-order valence-electron chi connectivity index (χ1n) is 34.6. The maximum atomic E-state index is 6.84. The molecule has 80 heavy (non-hydrogen) atoms. The Balaban J connectivity index is 0.779. The number of hydrogen-bond donors (Lipinski definition) is 0. The number of ether oxygens (including phenoxy) is 1. The highest BCUT2D eigenvalue weighted by Crippen LogP contribution is 2.69. The van der Waals surface area contributed by atoms with E-state index in [2.05, 4.69) is 121 Å². The fraction of sp³-hybridized carbons (Fsp3) is 0.662. The summed E-state index contributed by atoms with van der Waals surface area (Å²) in [6.45, 7) is 10.5. The number of allylic oxidation sites excluding steroid dienone is 17. The third kappa shape index (κ3) is 11.0. The second-order valence-electron chi connectivity index (χ2n) is 28.5. The van der Waals surface area contributed by atoms with Gasteiger partial charge in [0.2, 0.25) is 0 Å². The Morgan fingerprint density at radius 3 is 2.30 bits per heavy atom. The van der Waals surface area contributed by atoms with Crippen molar-refractivity contribution >= 4 is 0 Å². The lowest BCUT2D eigenvalue weighted by atomic mass is 9.50. The van der Waals surface area contributed by atoms with Crippen molar-refractivity contribution in [2.75, 3.05) is 0 Å². The summed E-state index contributed by atoms with van der Waals surface area (Å²) in [7, 11) is 0. The van der Waals surface area contributed by atoms with Crippen LogP contribution in [-0.2, 0) is 4.74 Å². The maximum Gasteiger partial charge on any atom is 0.120 e. The first-order valence-corrected chi connectivity index (χ1v) is 34.6. The molecule has 13 unspecified atom stereocenters. The van der Waals surface area contributed by atoms with E-state index >= 15 is 0 Å². The van der Waals surface area contributed by atoms with Crippen molar-refractivity contribution in [3.63, 3.8) is 0 Å². The van der Waals surface area contributed by atoms with Crippen LogP contribution in [0.4, 0.5) is 0 Å². The van der Waals surface area contributed by atoms with Gasteiger partial charge >= 0.3 is 0 Å². The van der Waals surface area contributed by atoms with Gasteiger partial charge in [-0.3, -0.25) is 4.90 Å². The van der Waals surface area contributed by atoms with Crippen LogP contribution in [0.25, 0.3) is 0 Å². The summed E-state index contributed by atoms with van der Waals surface area (Å²) in [5.41, 5.74) is 12.3. The zero-order valence-electron chi connectivity index (χ0n) is 50.2. The van der Waals surface area contributed by atoms with E-state index in [1.165, 1.54) is 217 Å². The van der Waals surface area contributed by atoms with Crippen molar-refractivity contribution in [3.05, 3.63) is 155 Å². The molecule has 3 heteroatoms. The van der Waals surface area contributed by atoms with Crippen LogP contribution in [0.3, 0.4) is 0 Å². The zero-order valence-corrected chi connectivity index (χ0v) is 50.2. The summed E-state index contributed by atoms with van der Waals surface area (Å²) >= 11 is 0. The van der Waals surface area contributed by atoms with Gasteiger partial charge < -0.3 is 9.64 Å². The lowest BCUT2D eigenvalue weighted by Crippen LogP contribution is -2.53. The van der Waals surface area contributed by atoms with Crippen LogP contribution in [0.5, 0.6) is 0 Å². The van der Waals surface area contributed by atoms with Crippen molar-refractivity contribution in [2.24, 2.45) is 64.6 Å². The molecule has 0 aromatic heterocycles. The Bertz CT molecular complexity index is 2590. The lowest BCUT2D eigenvalue weighted by molar-refractivity contribution is -0.0138. The molecule has 3 nitrogen and oxygen atoms in total. The molecular weight excluding hydrogens is 969 g/mol. The van der Waals surface area contributed by atoms with Gasteiger partial charge in [-0.05, 0) is 219 Å².